The Hall–Kier alpha value is -3.41. The molecule has 5 nitrogen and oxygen atoms in total. The van der Waals surface area contributed by atoms with Gasteiger partial charge in [-0.15, -0.1) is 0 Å². The molecule has 0 bridgehead atoms. The maximum atomic E-state index is 14.4. The van der Waals surface area contributed by atoms with E-state index in [4.69, 9.17) is 4.74 Å². The van der Waals surface area contributed by atoms with Gasteiger partial charge in [-0.05, 0) is 68.2 Å². The summed E-state index contributed by atoms with van der Waals surface area (Å²) in [4.78, 5) is 14.4. The standard InChI is InChI=1S/C28H28FNO4S/c1-4-34-28(31)18-30-20(3)24(25-17-22(29)13-14-26(25)30)16-21-10-8-9-19(2)15-27(21)35(32,33)23-11-6-5-7-12-23/h5-14,25H,4,16-18H2,1-3H3. The number of fused-ring (bicyclic) bond motifs is 1. The Morgan fingerprint density at radius 3 is 2.63 bits per heavy atom. The van der Waals surface area contributed by atoms with Crippen LogP contribution < -0.4 is 0 Å². The number of nitrogens with zero attached hydrogens (tertiary/aromatic N) is 1. The van der Waals surface area contributed by atoms with E-state index in [1.165, 1.54) is 6.08 Å². The first-order valence-corrected chi connectivity index (χ1v) is 13.0. The Balaban J connectivity index is 1.76. The van der Waals surface area contributed by atoms with Crippen LogP contribution in [0.3, 0.4) is 0 Å². The van der Waals surface area contributed by atoms with E-state index in [2.05, 4.69) is 5.73 Å². The van der Waals surface area contributed by atoms with Gasteiger partial charge in [0.2, 0.25) is 9.84 Å². The maximum Gasteiger partial charge on any atom is 0.325 e. The largest absolute Gasteiger partial charge is 0.465 e. The highest BCUT2D eigenvalue weighted by Gasteiger charge is 2.38. The minimum atomic E-state index is -3.84. The minimum absolute atomic E-state index is 0.0178. The zero-order valence-corrected chi connectivity index (χ0v) is 20.9. The maximum absolute atomic E-state index is 14.4. The molecule has 0 saturated heterocycles. The molecule has 0 aromatic heterocycles. The van der Waals surface area contributed by atoms with E-state index in [0.29, 0.717) is 11.1 Å². The number of halogens is 1. The van der Waals surface area contributed by atoms with Crippen LogP contribution in [0, 0.1) is 5.92 Å². The predicted molar refractivity (Wildman–Crippen MR) is 133 cm³/mol. The molecule has 1 aliphatic heterocycles. The van der Waals surface area contributed by atoms with E-state index in [0.717, 1.165) is 17.0 Å². The topological polar surface area (TPSA) is 63.7 Å². The van der Waals surface area contributed by atoms with Gasteiger partial charge in [-0.1, -0.05) is 42.2 Å². The Morgan fingerprint density at radius 1 is 1.17 bits per heavy atom. The van der Waals surface area contributed by atoms with Crippen LogP contribution in [-0.2, 0) is 19.4 Å². The highest BCUT2D eigenvalue weighted by atomic mass is 32.2. The first-order chi connectivity index (χ1) is 16.7. The van der Waals surface area contributed by atoms with Gasteiger partial charge in [-0.2, -0.15) is 0 Å². The Kier molecular flexibility index (Phi) is 7.10. The van der Waals surface area contributed by atoms with E-state index in [-0.39, 0.29) is 53.5 Å². The van der Waals surface area contributed by atoms with Crippen LogP contribution in [0.25, 0.3) is 0 Å². The van der Waals surface area contributed by atoms with Crippen LogP contribution in [0.2, 0.25) is 0 Å². The van der Waals surface area contributed by atoms with E-state index >= 15 is 0 Å². The van der Waals surface area contributed by atoms with Gasteiger partial charge in [-0.25, -0.2) is 12.8 Å². The number of ether oxygens (including phenoxy) is 1. The van der Waals surface area contributed by atoms with Crippen LogP contribution in [-0.4, -0.2) is 32.4 Å². The fourth-order valence-electron chi connectivity index (χ4n) is 4.64. The summed E-state index contributed by atoms with van der Waals surface area (Å²) in [6.07, 6.45) is 8.97. The molecule has 0 saturated carbocycles. The molecular weight excluding hydrogens is 465 g/mol. The normalized spacial score (nSPS) is 19.8. The average molecular weight is 494 g/mol. The lowest BCUT2D eigenvalue weighted by atomic mass is 9.87. The quantitative estimate of drug-likeness (QED) is 0.361. The summed E-state index contributed by atoms with van der Waals surface area (Å²) in [6.45, 7) is 5.73. The summed E-state index contributed by atoms with van der Waals surface area (Å²) in [5.41, 5.74) is 6.85. The molecule has 7 heteroatoms. The summed E-state index contributed by atoms with van der Waals surface area (Å²) >= 11 is 0. The SMILES string of the molecule is CCOC(=O)CN1C2=CC=C(F)CC2C(CC2=CC=CC(C)=C=C2S(=O)(=O)c2ccccc2)=C1C. The fraction of sp³-hybridized carbons (Fsp3) is 0.286. The molecule has 1 unspecified atom stereocenters. The van der Waals surface area contributed by atoms with Crippen molar-refractivity contribution in [1.29, 1.82) is 0 Å². The summed E-state index contributed by atoms with van der Waals surface area (Å²) in [7, 11) is -3.84. The van der Waals surface area contributed by atoms with Gasteiger partial charge in [0.15, 0.2) is 0 Å². The number of esters is 1. The molecule has 0 radical (unpaired) electrons. The van der Waals surface area contributed by atoms with Crippen molar-refractivity contribution in [2.75, 3.05) is 13.2 Å². The van der Waals surface area contributed by atoms with Crippen molar-refractivity contribution in [1.82, 2.24) is 4.90 Å². The lowest BCUT2D eigenvalue weighted by Gasteiger charge is -2.25. The first-order valence-electron chi connectivity index (χ1n) is 11.6. The van der Waals surface area contributed by atoms with Gasteiger partial charge in [-0.3, -0.25) is 4.79 Å². The van der Waals surface area contributed by atoms with E-state index in [1.807, 2.05) is 24.0 Å². The number of carbonyl (C=O) groups excluding carboxylic acids is 1. The van der Waals surface area contributed by atoms with Crippen molar-refractivity contribution in [2.45, 2.75) is 38.5 Å². The molecule has 182 valence electrons. The third-order valence-corrected chi connectivity index (χ3v) is 8.13. The van der Waals surface area contributed by atoms with Crippen LogP contribution >= 0.6 is 0 Å². The van der Waals surface area contributed by atoms with E-state index in [1.54, 1.807) is 56.3 Å². The van der Waals surface area contributed by atoms with Crippen molar-refractivity contribution < 1.29 is 22.3 Å². The molecule has 1 atom stereocenters. The van der Waals surface area contributed by atoms with Gasteiger partial charge < -0.3 is 9.64 Å². The molecule has 0 amide bonds. The summed E-state index contributed by atoms with van der Waals surface area (Å²) in [5, 5.41) is 0. The zero-order valence-electron chi connectivity index (χ0n) is 20.0. The predicted octanol–water partition coefficient (Wildman–Crippen LogP) is 5.69. The van der Waals surface area contributed by atoms with E-state index < -0.39 is 9.84 Å². The lowest BCUT2D eigenvalue weighted by Crippen LogP contribution is -2.28. The second kappa shape index (κ2) is 10.1. The molecule has 35 heavy (non-hydrogen) atoms. The second-order valence-corrected chi connectivity index (χ2v) is 10.5. The molecule has 0 N–H and O–H groups in total. The van der Waals surface area contributed by atoms with Crippen LogP contribution in [0.5, 0.6) is 0 Å². The average Bonchev–Trinajstić information content (AvgIpc) is 2.95. The van der Waals surface area contributed by atoms with Crippen LogP contribution in [0.4, 0.5) is 4.39 Å². The molecule has 2 aliphatic carbocycles. The summed E-state index contributed by atoms with van der Waals surface area (Å²) in [6, 6.07) is 8.28. The third-order valence-electron chi connectivity index (χ3n) is 6.33. The van der Waals surface area contributed by atoms with Crippen LogP contribution in [0.1, 0.15) is 33.6 Å². The Bertz CT molecular complexity index is 1370. The van der Waals surface area contributed by atoms with Gasteiger partial charge in [0, 0.05) is 23.7 Å². The molecule has 1 aromatic rings. The second-order valence-electron chi connectivity index (χ2n) is 8.65. The summed E-state index contributed by atoms with van der Waals surface area (Å²) in [5.74, 6) is -0.904. The smallest absolute Gasteiger partial charge is 0.325 e. The first kappa shape index (κ1) is 24.7. The van der Waals surface area contributed by atoms with Crippen molar-refractivity contribution in [3.05, 3.63) is 105 Å². The lowest BCUT2D eigenvalue weighted by molar-refractivity contribution is -0.143. The molecule has 3 aliphatic rings. The molecule has 4 rings (SSSR count). The van der Waals surface area contributed by atoms with Gasteiger partial charge in [0.1, 0.15) is 17.3 Å². The fourth-order valence-corrected chi connectivity index (χ4v) is 6.17. The van der Waals surface area contributed by atoms with Gasteiger partial charge in [0.25, 0.3) is 0 Å². The number of rotatable bonds is 7. The molecule has 1 heterocycles. The molecular formula is C28H28FNO4S. The Labute approximate surface area is 205 Å². The monoisotopic (exact) mass is 493 g/mol. The van der Waals surface area contributed by atoms with Gasteiger partial charge >= 0.3 is 5.97 Å². The Morgan fingerprint density at radius 2 is 1.91 bits per heavy atom. The molecule has 0 spiro atoms. The van der Waals surface area contributed by atoms with E-state index in [9.17, 15) is 17.6 Å². The minimum Gasteiger partial charge on any atom is -0.465 e. The van der Waals surface area contributed by atoms with Gasteiger partial charge in [0.05, 0.1) is 11.5 Å². The van der Waals surface area contributed by atoms with Crippen molar-refractivity contribution >= 4 is 15.8 Å². The number of sulfone groups is 1. The number of hydrogen-bond acceptors (Lipinski definition) is 5. The van der Waals surface area contributed by atoms with Crippen molar-refractivity contribution in [3.8, 4) is 0 Å². The highest BCUT2D eigenvalue weighted by molar-refractivity contribution is 7.95. The number of allylic oxidation sites excluding steroid dienone is 9. The highest BCUT2D eigenvalue weighted by Crippen LogP contribution is 2.46. The number of benzene rings is 1. The molecule has 0 fully saturated rings. The summed E-state index contributed by atoms with van der Waals surface area (Å²) < 4.78 is 46.7. The third kappa shape index (κ3) is 5.02. The number of carbonyl (C=O) groups is 1. The van der Waals surface area contributed by atoms with Crippen molar-refractivity contribution in [2.24, 2.45) is 5.92 Å². The number of hydrogen-bond donors (Lipinski definition) is 0. The zero-order chi connectivity index (χ0) is 25.2. The van der Waals surface area contributed by atoms with Crippen molar-refractivity contribution in [3.63, 3.8) is 0 Å². The molecule has 1 aromatic carbocycles. The van der Waals surface area contributed by atoms with Crippen LogP contribution in [0.15, 0.2) is 110 Å².